The van der Waals surface area contributed by atoms with Crippen molar-refractivity contribution in [2.45, 2.75) is 38.3 Å². The van der Waals surface area contributed by atoms with E-state index in [0.29, 0.717) is 23.4 Å². The van der Waals surface area contributed by atoms with Crippen molar-refractivity contribution in [2.24, 2.45) is 0 Å². The summed E-state index contributed by atoms with van der Waals surface area (Å²) in [5, 5.41) is 10.3. The lowest BCUT2D eigenvalue weighted by Crippen LogP contribution is -2.39. The van der Waals surface area contributed by atoms with Gasteiger partial charge in [-0.25, -0.2) is 0 Å². The topological polar surface area (TPSA) is 53.0 Å². The third-order valence-corrected chi connectivity index (χ3v) is 5.11. The molecule has 0 spiro atoms. The molecule has 22 heavy (non-hydrogen) atoms. The third-order valence-electron chi connectivity index (χ3n) is 5.11. The van der Waals surface area contributed by atoms with Crippen LogP contribution in [0.3, 0.4) is 0 Å². The molecule has 120 valence electrons. The van der Waals surface area contributed by atoms with Gasteiger partial charge in [0.25, 0.3) is 5.91 Å². The Labute approximate surface area is 131 Å². The standard InChI is InChI=1S/C17H24N2O3/c1-11-8-14(16(20)15(9-11)22-3)17(21)19-7-6-12-4-5-13(10-19)18(12)2/h8-9,12-13,20H,4-7,10H2,1-3H3/t12-,13+/m1/s1. The molecule has 1 aromatic rings. The molecule has 5 nitrogen and oxygen atoms in total. The number of phenols is 1. The van der Waals surface area contributed by atoms with Crippen molar-refractivity contribution in [3.8, 4) is 11.5 Å². The first-order valence-corrected chi connectivity index (χ1v) is 7.90. The lowest BCUT2D eigenvalue weighted by molar-refractivity contribution is 0.0736. The second-order valence-electron chi connectivity index (χ2n) is 6.45. The quantitative estimate of drug-likeness (QED) is 0.908. The van der Waals surface area contributed by atoms with Crippen LogP contribution in [0.4, 0.5) is 0 Å². The van der Waals surface area contributed by atoms with Crippen LogP contribution in [-0.4, -0.2) is 60.1 Å². The normalized spacial score (nSPS) is 25.1. The van der Waals surface area contributed by atoms with Crippen LogP contribution in [0.2, 0.25) is 0 Å². The van der Waals surface area contributed by atoms with E-state index < -0.39 is 0 Å². The summed E-state index contributed by atoms with van der Waals surface area (Å²) in [5.41, 5.74) is 1.25. The zero-order chi connectivity index (χ0) is 15.9. The molecule has 0 unspecified atom stereocenters. The summed E-state index contributed by atoms with van der Waals surface area (Å²) < 4.78 is 5.17. The van der Waals surface area contributed by atoms with Gasteiger partial charge in [0.1, 0.15) is 0 Å². The minimum Gasteiger partial charge on any atom is -0.504 e. The van der Waals surface area contributed by atoms with Gasteiger partial charge >= 0.3 is 0 Å². The fourth-order valence-electron chi connectivity index (χ4n) is 3.73. The summed E-state index contributed by atoms with van der Waals surface area (Å²) in [7, 11) is 3.66. The number of fused-ring (bicyclic) bond motifs is 2. The van der Waals surface area contributed by atoms with Gasteiger partial charge in [-0.1, -0.05) is 0 Å². The number of carbonyl (C=O) groups excluding carboxylic acids is 1. The Morgan fingerprint density at radius 2 is 2.00 bits per heavy atom. The summed E-state index contributed by atoms with van der Waals surface area (Å²) >= 11 is 0. The molecule has 2 aliphatic heterocycles. The molecule has 2 bridgehead atoms. The fourth-order valence-corrected chi connectivity index (χ4v) is 3.73. The van der Waals surface area contributed by atoms with E-state index in [4.69, 9.17) is 4.74 Å². The first-order valence-electron chi connectivity index (χ1n) is 7.90. The number of likely N-dealkylation sites (tertiary alicyclic amines) is 1. The Bertz CT molecular complexity index is 588. The van der Waals surface area contributed by atoms with Crippen molar-refractivity contribution in [2.75, 3.05) is 27.2 Å². The third kappa shape index (κ3) is 2.54. The average molecular weight is 304 g/mol. The van der Waals surface area contributed by atoms with E-state index in [1.54, 1.807) is 12.1 Å². The minimum atomic E-state index is -0.0968. The number of aryl methyl sites for hydroxylation is 1. The van der Waals surface area contributed by atoms with Gasteiger partial charge in [-0.3, -0.25) is 9.69 Å². The maximum atomic E-state index is 12.9. The van der Waals surface area contributed by atoms with E-state index in [2.05, 4.69) is 11.9 Å². The van der Waals surface area contributed by atoms with E-state index >= 15 is 0 Å². The lowest BCUT2D eigenvalue weighted by Gasteiger charge is -2.26. The zero-order valence-electron chi connectivity index (χ0n) is 13.5. The summed E-state index contributed by atoms with van der Waals surface area (Å²) in [6, 6.07) is 4.51. The van der Waals surface area contributed by atoms with Gasteiger partial charge < -0.3 is 14.7 Å². The molecule has 3 rings (SSSR count). The predicted molar refractivity (Wildman–Crippen MR) is 84.5 cm³/mol. The highest BCUT2D eigenvalue weighted by Gasteiger charge is 2.36. The second kappa shape index (κ2) is 5.80. The van der Waals surface area contributed by atoms with Crippen LogP contribution in [-0.2, 0) is 0 Å². The van der Waals surface area contributed by atoms with E-state index in [0.717, 1.165) is 31.5 Å². The molecular weight excluding hydrogens is 280 g/mol. The molecule has 1 amide bonds. The number of aromatic hydroxyl groups is 1. The molecule has 0 aliphatic carbocycles. The summed E-state index contributed by atoms with van der Waals surface area (Å²) in [4.78, 5) is 17.2. The van der Waals surface area contributed by atoms with E-state index in [-0.39, 0.29) is 11.7 Å². The number of hydrogen-bond donors (Lipinski definition) is 1. The molecule has 2 saturated heterocycles. The van der Waals surface area contributed by atoms with E-state index in [9.17, 15) is 9.90 Å². The number of benzene rings is 1. The highest BCUT2D eigenvalue weighted by atomic mass is 16.5. The molecule has 2 atom stereocenters. The van der Waals surface area contributed by atoms with Crippen molar-refractivity contribution in [1.82, 2.24) is 9.80 Å². The Morgan fingerprint density at radius 3 is 2.73 bits per heavy atom. The number of likely N-dealkylation sites (N-methyl/N-ethyl adjacent to an activating group) is 1. The molecule has 0 aromatic heterocycles. The molecule has 5 heteroatoms. The van der Waals surface area contributed by atoms with E-state index in [1.165, 1.54) is 13.5 Å². The van der Waals surface area contributed by atoms with Crippen LogP contribution in [0.15, 0.2) is 12.1 Å². The Balaban J connectivity index is 1.87. The fraction of sp³-hybridized carbons (Fsp3) is 0.588. The second-order valence-corrected chi connectivity index (χ2v) is 6.45. The van der Waals surface area contributed by atoms with Crippen molar-refractivity contribution < 1.29 is 14.6 Å². The van der Waals surface area contributed by atoms with Crippen molar-refractivity contribution >= 4 is 5.91 Å². The van der Waals surface area contributed by atoms with Crippen LogP contribution in [0.1, 0.15) is 35.2 Å². The van der Waals surface area contributed by atoms with Crippen molar-refractivity contribution in [1.29, 1.82) is 0 Å². The first-order chi connectivity index (χ1) is 10.5. The molecule has 1 N–H and O–H groups in total. The largest absolute Gasteiger partial charge is 0.504 e. The molecule has 2 fully saturated rings. The molecular formula is C17H24N2O3. The Kier molecular flexibility index (Phi) is 4.00. The van der Waals surface area contributed by atoms with Gasteiger partial charge in [0.2, 0.25) is 0 Å². The van der Waals surface area contributed by atoms with Crippen LogP contribution >= 0.6 is 0 Å². The number of methoxy groups -OCH3 is 1. The first kappa shape index (κ1) is 15.2. The number of carbonyl (C=O) groups is 1. The Morgan fingerprint density at radius 1 is 1.27 bits per heavy atom. The highest BCUT2D eigenvalue weighted by molar-refractivity contribution is 5.98. The summed E-state index contributed by atoms with van der Waals surface area (Å²) in [5.74, 6) is 0.207. The van der Waals surface area contributed by atoms with Gasteiger partial charge in [-0.05, 0) is 50.9 Å². The smallest absolute Gasteiger partial charge is 0.257 e. The number of amides is 1. The summed E-state index contributed by atoms with van der Waals surface area (Å²) in [6.45, 7) is 3.39. The van der Waals surface area contributed by atoms with Gasteiger partial charge in [0.05, 0.1) is 12.7 Å². The predicted octanol–water partition coefficient (Wildman–Crippen LogP) is 2.02. The summed E-state index contributed by atoms with van der Waals surface area (Å²) in [6.07, 6.45) is 3.38. The molecule has 0 saturated carbocycles. The molecule has 0 radical (unpaired) electrons. The Hall–Kier alpha value is -1.75. The van der Waals surface area contributed by atoms with Crippen LogP contribution in [0.5, 0.6) is 11.5 Å². The van der Waals surface area contributed by atoms with Crippen molar-refractivity contribution in [3.05, 3.63) is 23.3 Å². The van der Waals surface area contributed by atoms with E-state index in [1.807, 2.05) is 11.8 Å². The van der Waals surface area contributed by atoms with Gasteiger partial charge in [0, 0.05) is 25.2 Å². The number of ether oxygens (including phenoxy) is 1. The van der Waals surface area contributed by atoms with Gasteiger partial charge in [-0.2, -0.15) is 0 Å². The maximum absolute atomic E-state index is 12.9. The molecule has 2 heterocycles. The average Bonchev–Trinajstić information content (AvgIpc) is 2.73. The SMILES string of the molecule is COc1cc(C)cc(C(=O)N2CC[C@H]3CC[C@@H](C2)N3C)c1O. The minimum absolute atomic E-state index is 0.0548. The van der Waals surface area contributed by atoms with Gasteiger partial charge in [0.15, 0.2) is 11.5 Å². The van der Waals surface area contributed by atoms with Crippen LogP contribution in [0, 0.1) is 6.92 Å². The molecule has 2 aliphatic rings. The van der Waals surface area contributed by atoms with Crippen LogP contribution < -0.4 is 4.74 Å². The number of hydrogen-bond acceptors (Lipinski definition) is 4. The van der Waals surface area contributed by atoms with Gasteiger partial charge in [-0.15, -0.1) is 0 Å². The maximum Gasteiger partial charge on any atom is 0.257 e. The number of rotatable bonds is 2. The molecule has 1 aromatic carbocycles. The number of phenolic OH excluding ortho intramolecular Hbond substituents is 1. The highest BCUT2D eigenvalue weighted by Crippen LogP contribution is 2.34. The zero-order valence-corrected chi connectivity index (χ0v) is 13.5. The van der Waals surface area contributed by atoms with Crippen LogP contribution in [0.25, 0.3) is 0 Å². The number of nitrogens with zero attached hydrogens (tertiary/aromatic N) is 2. The lowest BCUT2D eigenvalue weighted by atomic mass is 10.1. The van der Waals surface area contributed by atoms with Crippen molar-refractivity contribution in [3.63, 3.8) is 0 Å². The monoisotopic (exact) mass is 304 g/mol.